The summed E-state index contributed by atoms with van der Waals surface area (Å²) in [5, 5.41) is 5.86. The van der Waals surface area contributed by atoms with Crippen LogP contribution in [0.15, 0.2) is 24.3 Å². The predicted molar refractivity (Wildman–Crippen MR) is 107 cm³/mol. The van der Waals surface area contributed by atoms with Gasteiger partial charge in [0.15, 0.2) is 0 Å². The Balaban J connectivity index is 2.40. The topological polar surface area (TPSA) is 61.4 Å². The van der Waals surface area contributed by atoms with Crippen molar-refractivity contribution in [3.8, 4) is 0 Å². The molecule has 26 heavy (non-hydrogen) atoms. The second kappa shape index (κ2) is 10.3. The van der Waals surface area contributed by atoms with E-state index in [1.165, 1.54) is 5.56 Å². The Bertz CT molecular complexity index is 591. The van der Waals surface area contributed by atoms with Gasteiger partial charge in [-0.15, -0.1) is 0 Å². The van der Waals surface area contributed by atoms with Crippen molar-refractivity contribution in [1.29, 1.82) is 0 Å². The Kier molecular flexibility index (Phi) is 8.79. The zero-order valence-electron chi connectivity index (χ0n) is 17.2. The number of carbonyl (C=O) groups excluding carboxylic acids is 2. The Morgan fingerprint density at radius 3 is 2.27 bits per heavy atom. The SMILES string of the molecule is CC(C)N(C)Cc1ccccc1CNC(=O)CCCNC(=O)C(C)(C)C. The quantitative estimate of drug-likeness (QED) is 0.665. The van der Waals surface area contributed by atoms with Crippen molar-refractivity contribution in [3.05, 3.63) is 35.4 Å². The van der Waals surface area contributed by atoms with Crippen LogP contribution in [0.5, 0.6) is 0 Å². The Morgan fingerprint density at radius 1 is 1.08 bits per heavy atom. The van der Waals surface area contributed by atoms with Crippen LogP contribution < -0.4 is 10.6 Å². The maximum atomic E-state index is 12.1. The highest BCUT2D eigenvalue weighted by Gasteiger charge is 2.20. The normalized spacial score (nSPS) is 11.7. The summed E-state index contributed by atoms with van der Waals surface area (Å²) in [7, 11) is 2.10. The van der Waals surface area contributed by atoms with Crippen molar-refractivity contribution < 1.29 is 9.59 Å². The van der Waals surface area contributed by atoms with E-state index in [4.69, 9.17) is 0 Å². The maximum absolute atomic E-state index is 12.1. The fourth-order valence-electron chi connectivity index (χ4n) is 2.33. The number of amides is 2. The molecule has 2 amide bonds. The Labute approximate surface area is 158 Å². The van der Waals surface area contributed by atoms with Gasteiger partial charge in [-0.2, -0.15) is 0 Å². The number of benzene rings is 1. The summed E-state index contributed by atoms with van der Waals surface area (Å²) in [4.78, 5) is 26.1. The zero-order chi connectivity index (χ0) is 19.7. The molecule has 1 rings (SSSR count). The molecule has 0 aliphatic carbocycles. The molecule has 0 unspecified atom stereocenters. The van der Waals surface area contributed by atoms with E-state index in [0.717, 1.165) is 12.1 Å². The minimum absolute atomic E-state index is 0.0149. The second-order valence-electron chi connectivity index (χ2n) is 8.16. The van der Waals surface area contributed by atoms with Gasteiger partial charge in [-0.3, -0.25) is 14.5 Å². The minimum Gasteiger partial charge on any atom is -0.356 e. The van der Waals surface area contributed by atoms with Crippen molar-refractivity contribution in [2.75, 3.05) is 13.6 Å². The molecule has 1 aromatic carbocycles. The van der Waals surface area contributed by atoms with Crippen molar-refractivity contribution >= 4 is 11.8 Å². The maximum Gasteiger partial charge on any atom is 0.225 e. The Morgan fingerprint density at radius 2 is 1.69 bits per heavy atom. The molecule has 0 aromatic heterocycles. The molecule has 0 spiro atoms. The summed E-state index contributed by atoms with van der Waals surface area (Å²) >= 11 is 0. The number of nitrogens with zero attached hydrogens (tertiary/aromatic N) is 1. The van der Waals surface area contributed by atoms with Gasteiger partial charge in [0.1, 0.15) is 0 Å². The zero-order valence-corrected chi connectivity index (χ0v) is 17.2. The van der Waals surface area contributed by atoms with Crippen LogP contribution >= 0.6 is 0 Å². The molecule has 146 valence electrons. The largest absolute Gasteiger partial charge is 0.356 e. The average Bonchev–Trinajstić information content (AvgIpc) is 2.56. The van der Waals surface area contributed by atoms with Gasteiger partial charge in [0.2, 0.25) is 11.8 Å². The Hall–Kier alpha value is -1.88. The molecule has 5 heteroatoms. The fraction of sp³-hybridized carbons (Fsp3) is 0.619. The van der Waals surface area contributed by atoms with Gasteiger partial charge < -0.3 is 10.6 Å². The standard InChI is InChI=1S/C21H35N3O2/c1-16(2)24(6)15-18-11-8-7-10-17(18)14-23-19(25)12-9-13-22-20(26)21(3,4)5/h7-8,10-11,16H,9,12-15H2,1-6H3,(H,22,26)(H,23,25). The summed E-state index contributed by atoms with van der Waals surface area (Å²) in [6, 6.07) is 8.69. The van der Waals surface area contributed by atoms with Gasteiger partial charge in [-0.05, 0) is 38.4 Å². The first-order chi connectivity index (χ1) is 12.1. The molecular weight excluding hydrogens is 326 g/mol. The lowest BCUT2D eigenvalue weighted by atomic mass is 9.96. The van der Waals surface area contributed by atoms with Crippen LogP contribution in [0.25, 0.3) is 0 Å². The van der Waals surface area contributed by atoms with Crippen LogP contribution in [-0.4, -0.2) is 36.3 Å². The molecule has 2 N–H and O–H groups in total. The third kappa shape index (κ3) is 8.00. The summed E-state index contributed by atoms with van der Waals surface area (Å²) in [6.45, 7) is 11.9. The van der Waals surface area contributed by atoms with Crippen molar-refractivity contribution in [3.63, 3.8) is 0 Å². The average molecular weight is 362 g/mol. The van der Waals surface area contributed by atoms with E-state index in [1.54, 1.807) is 0 Å². The molecule has 0 heterocycles. The van der Waals surface area contributed by atoms with E-state index in [9.17, 15) is 9.59 Å². The summed E-state index contributed by atoms with van der Waals surface area (Å²) in [6.07, 6.45) is 1.06. The summed E-state index contributed by atoms with van der Waals surface area (Å²) in [5.74, 6) is 0.0307. The van der Waals surface area contributed by atoms with Gasteiger partial charge in [0.25, 0.3) is 0 Å². The summed E-state index contributed by atoms with van der Waals surface area (Å²) in [5.41, 5.74) is 1.99. The number of carbonyl (C=O) groups is 2. The first-order valence-corrected chi connectivity index (χ1v) is 9.43. The third-order valence-corrected chi connectivity index (χ3v) is 4.44. The lowest BCUT2D eigenvalue weighted by Gasteiger charge is -2.22. The van der Waals surface area contributed by atoms with Gasteiger partial charge in [-0.25, -0.2) is 0 Å². The van der Waals surface area contributed by atoms with E-state index >= 15 is 0 Å². The van der Waals surface area contributed by atoms with Gasteiger partial charge in [0.05, 0.1) is 0 Å². The van der Waals surface area contributed by atoms with E-state index < -0.39 is 5.41 Å². The highest BCUT2D eigenvalue weighted by atomic mass is 16.2. The molecule has 0 aliphatic heterocycles. The van der Waals surface area contributed by atoms with E-state index in [2.05, 4.69) is 48.6 Å². The first kappa shape index (κ1) is 22.2. The molecule has 0 bridgehead atoms. The molecule has 0 radical (unpaired) electrons. The predicted octanol–water partition coefficient (Wildman–Crippen LogP) is 3.09. The minimum atomic E-state index is -0.394. The molecule has 0 saturated heterocycles. The van der Waals surface area contributed by atoms with Crippen LogP contribution in [-0.2, 0) is 22.7 Å². The lowest BCUT2D eigenvalue weighted by molar-refractivity contribution is -0.128. The molecular formula is C21H35N3O2. The second-order valence-corrected chi connectivity index (χ2v) is 8.16. The van der Waals surface area contributed by atoms with Crippen LogP contribution in [0.2, 0.25) is 0 Å². The molecule has 1 aromatic rings. The van der Waals surface area contributed by atoms with Crippen molar-refractivity contribution in [2.24, 2.45) is 5.41 Å². The molecule has 0 saturated carbocycles. The van der Waals surface area contributed by atoms with Crippen molar-refractivity contribution in [1.82, 2.24) is 15.5 Å². The van der Waals surface area contributed by atoms with E-state index in [1.807, 2.05) is 32.9 Å². The highest BCUT2D eigenvalue weighted by molar-refractivity contribution is 5.81. The first-order valence-electron chi connectivity index (χ1n) is 9.43. The van der Waals surface area contributed by atoms with Crippen molar-refractivity contribution in [2.45, 2.75) is 66.6 Å². The number of hydrogen-bond acceptors (Lipinski definition) is 3. The van der Waals surface area contributed by atoms with Gasteiger partial charge in [0, 0.05) is 37.5 Å². The van der Waals surface area contributed by atoms with Crippen LogP contribution in [0, 0.1) is 5.41 Å². The van der Waals surface area contributed by atoms with Gasteiger partial charge >= 0.3 is 0 Å². The van der Waals surface area contributed by atoms with Crippen LogP contribution in [0.1, 0.15) is 58.6 Å². The van der Waals surface area contributed by atoms with Crippen LogP contribution in [0.4, 0.5) is 0 Å². The van der Waals surface area contributed by atoms with Gasteiger partial charge in [-0.1, -0.05) is 45.0 Å². The summed E-state index contributed by atoms with van der Waals surface area (Å²) < 4.78 is 0. The smallest absolute Gasteiger partial charge is 0.225 e. The molecule has 0 atom stereocenters. The molecule has 5 nitrogen and oxygen atoms in total. The molecule has 0 aliphatic rings. The number of hydrogen-bond donors (Lipinski definition) is 2. The monoisotopic (exact) mass is 361 g/mol. The molecule has 0 fully saturated rings. The van der Waals surface area contributed by atoms with E-state index in [-0.39, 0.29) is 11.8 Å². The fourth-order valence-corrected chi connectivity index (χ4v) is 2.33. The lowest BCUT2D eigenvalue weighted by Crippen LogP contribution is -2.35. The van der Waals surface area contributed by atoms with Crippen LogP contribution in [0.3, 0.4) is 0 Å². The number of nitrogens with one attached hydrogen (secondary N) is 2. The third-order valence-electron chi connectivity index (χ3n) is 4.44. The van der Waals surface area contributed by atoms with E-state index in [0.29, 0.717) is 32.0 Å². The highest BCUT2D eigenvalue weighted by Crippen LogP contribution is 2.13. The number of rotatable bonds is 9.